The maximum Gasteiger partial charge on any atom is 0.139 e. The number of hydrogen-bond donors (Lipinski definition) is 1. The monoisotopic (exact) mass is 207 g/mol. The van der Waals surface area contributed by atoms with Gasteiger partial charge in [0.1, 0.15) is 19.6 Å². The van der Waals surface area contributed by atoms with E-state index in [1.165, 1.54) is 6.07 Å². The van der Waals surface area contributed by atoms with E-state index in [0.29, 0.717) is 0 Å². The highest BCUT2D eigenvalue weighted by molar-refractivity contribution is 6.83. The summed E-state index contributed by atoms with van der Waals surface area (Å²) in [5, 5.41) is 9.09. The van der Waals surface area contributed by atoms with Crippen molar-refractivity contribution in [2.75, 3.05) is 0 Å². The fraction of sp³-hybridized carbons (Fsp3) is 0.273. The van der Waals surface area contributed by atoms with E-state index in [1.54, 1.807) is 0 Å². The van der Waals surface area contributed by atoms with Gasteiger partial charge in [0.05, 0.1) is 5.56 Å². The van der Waals surface area contributed by atoms with Crippen molar-refractivity contribution in [3.8, 4) is 17.2 Å². The Bertz CT molecular complexity index is 396. The van der Waals surface area contributed by atoms with Crippen molar-refractivity contribution >= 4 is 8.07 Å². The fourth-order valence-corrected chi connectivity index (χ4v) is 1.32. The topological polar surface area (TPSA) is 20.2 Å². The van der Waals surface area contributed by atoms with Crippen LogP contribution in [0, 0.1) is 23.3 Å². The summed E-state index contributed by atoms with van der Waals surface area (Å²) in [6.45, 7) is 6.23. The van der Waals surface area contributed by atoms with Crippen molar-refractivity contribution in [2.24, 2.45) is 0 Å². The van der Waals surface area contributed by atoms with Gasteiger partial charge in [-0.2, -0.15) is 0 Å². The molecule has 0 aromatic heterocycles. The van der Waals surface area contributed by atoms with Gasteiger partial charge in [0, 0.05) is 6.07 Å². The Labute approximate surface area is 84.6 Å². The van der Waals surface area contributed by atoms with E-state index in [1.807, 2.05) is 0 Å². The van der Waals surface area contributed by atoms with E-state index in [0.717, 1.165) is 6.07 Å². The second kappa shape index (κ2) is 3.85. The molecule has 3 heteroatoms. The van der Waals surface area contributed by atoms with Crippen LogP contribution in [-0.2, 0) is 0 Å². The van der Waals surface area contributed by atoms with Crippen LogP contribution in [0.2, 0.25) is 19.6 Å². The Hall–Kier alpha value is -1.27. The first-order valence-corrected chi connectivity index (χ1v) is 7.82. The van der Waals surface area contributed by atoms with Gasteiger partial charge in [-0.25, -0.2) is 4.39 Å². The average Bonchev–Trinajstić information content (AvgIpc) is 2.05. The Morgan fingerprint density at radius 2 is 2.07 bits per heavy atom. The smallest absolute Gasteiger partial charge is 0.139 e. The first-order chi connectivity index (χ1) is 6.38. The molecule has 1 N–H and O–H groups in total. The Kier molecular flexibility index (Phi) is 2.97. The summed E-state index contributed by atoms with van der Waals surface area (Å²) in [4.78, 5) is 0. The number of halogens is 1. The van der Waals surface area contributed by atoms with Crippen molar-refractivity contribution in [2.45, 2.75) is 19.6 Å². The molecule has 0 aliphatic rings. The highest BCUT2D eigenvalue weighted by Crippen LogP contribution is 2.13. The van der Waals surface area contributed by atoms with Gasteiger partial charge in [0.2, 0.25) is 0 Å². The normalized spacial score (nSPS) is 10.6. The van der Waals surface area contributed by atoms with Crippen molar-refractivity contribution < 1.29 is 9.50 Å². The molecule has 1 aromatic rings. The van der Waals surface area contributed by atoms with Gasteiger partial charge in [-0.3, -0.25) is 0 Å². The zero-order chi connectivity index (χ0) is 10.8. The average molecular weight is 207 g/mol. The van der Waals surface area contributed by atoms with Crippen LogP contribution < -0.4 is 0 Å². The first-order valence-electron chi connectivity index (χ1n) is 4.32. The molecule has 0 saturated heterocycles. The molecule has 1 nitrogen and oxygen atoms in total. The van der Waals surface area contributed by atoms with E-state index in [-0.39, 0.29) is 11.3 Å². The van der Waals surface area contributed by atoms with Gasteiger partial charge >= 0.3 is 0 Å². The summed E-state index contributed by atoms with van der Waals surface area (Å²) >= 11 is 0. The van der Waals surface area contributed by atoms with Crippen molar-refractivity contribution in [3.63, 3.8) is 0 Å². The summed E-state index contributed by atoms with van der Waals surface area (Å²) in [5.41, 5.74) is 3.27. The SMILES string of the molecule is C[Si](C)(C)C#Cc1cc(O)[c]cc1F. The third-order valence-electron chi connectivity index (χ3n) is 1.46. The molecule has 0 heterocycles. The number of rotatable bonds is 0. The lowest BCUT2D eigenvalue weighted by atomic mass is 10.2. The molecule has 0 aliphatic carbocycles. The second-order valence-corrected chi connectivity index (χ2v) is 8.83. The minimum atomic E-state index is -1.50. The maximum atomic E-state index is 13.1. The lowest BCUT2D eigenvalue weighted by molar-refractivity contribution is 0.471. The Morgan fingerprint density at radius 1 is 1.43 bits per heavy atom. The van der Waals surface area contributed by atoms with E-state index in [9.17, 15) is 4.39 Å². The van der Waals surface area contributed by atoms with Gasteiger partial charge in [0.25, 0.3) is 0 Å². The molecule has 73 valence electrons. The summed E-state index contributed by atoms with van der Waals surface area (Å²) in [5.74, 6) is 2.24. The van der Waals surface area contributed by atoms with Gasteiger partial charge in [-0.1, -0.05) is 25.6 Å². The van der Waals surface area contributed by atoms with E-state index in [4.69, 9.17) is 5.11 Å². The number of phenolic OH excluding ortho intramolecular Hbond substituents is 1. The summed E-state index contributed by atoms with van der Waals surface area (Å²) in [6, 6.07) is 4.76. The molecule has 1 aromatic carbocycles. The third-order valence-corrected chi connectivity index (χ3v) is 2.33. The number of aromatic hydroxyl groups is 1. The molecule has 0 fully saturated rings. The minimum absolute atomic E-state index is 0.0775. The van der Waals surface area contributed by atoms with Crippen LogP contribution in [0.15, 0.2) is 12.1 Å². The number of hydrogen-bond acceptors (Lipinski definition) is 1. The second-order valence-electron chi connectivity index (χ2n) is 4.08. The molecule has 0 bridgehead atoms. The van der Waals surface area contributed by atoms with Crippen LogP contribution in [0.5, 0.6) is 5.75 Å². The minimum Gasteiger partial charge on any atom is -0.507 e. The molecule has 0 aliphatic heterocycles. The highest BCUT2D eigenvalue weighted by Gasteiger charge is 2.08. The molecule has 1 radical (unpaired) electrons. The molecular weight excluding hydrogens is 195 g/mol. The molecule has 0 atom stereocenters. The van der Waals surface area contributed by atoms with Crippen LogP contribution in [-0.4, -0.2) is 13.2 Å². The lowest BCUT2D eigenvalue weighted by Gasteiger charge is -2.03. The van der Waals surface area contributed by atoms with E-state index >= 15 is 0 Å². The molecule has 0 unspecified atom stereocenters. The zero-order valence-electron chi connectivity index (χ0n) is 8.48. The van der Waals surface area contributed by atoms with Crippen molar-refractivity contribution in [1.29, 1.82) is 0 Å². The molecule has 0 amide bonds. The van der Waals surface area contributed by atoms with Gasteiger partial charge in [-0.15, -0.1) is 5.54 Å². The van der Waals surface area contributed by atoms with Gasteiger partial charge in [-0.05, 0) is 12.1 Å². The quantitative estimate of drug-likeness (QED) is 0.512. The van der Waals surface area contributed by atoms with Gasteiger partial charge < -0.3 is 5.11 Å². The maximum absolute atomic E-state index is 13.1. The predicted octanol–water partition coefficient (Wildman–Crippen LogP) is 2.56. The lowest BCUT2D eigenvalue weighted by Crippen LogP contribution is -2.16. The first kappa shape index (κ1) is 10.8. The van der Waals surface area contributed by atoms with E-state index in [2.05, 4.69) is 37.2 Å². The Balaban J connectivity index is 3.06. The van der Waals surface area contributed by atoms with Crippen LogP contribution in [0.1, 0.15) is 5.56 Å². The van der Waals surface area contributed by atoms with Crippen LogP contribution in [0.3, 0.4) is 0 Å². The molecule has 0 spiro atoms. The largest absolute Gasteiger partial charge is 0.507 e. The van der Waals surface area contributed by atoms with Crippen LogP contribution in [0.4, 0.5) is 4.39 Å². The highest BCUT2D eigenvalue weighted by atomic mass is 28.3. The zero-order valence-corrected chi connectivity index (χ0v) is 9.48. The molecular formula is C11H12FOSi. The molecule has 14 heavy (non-hydrogen) atoms. The van der Waals surface area contributed by atoms with Gasteiger partial charge in [0.15, 0.2) is 0 Å². The van der Waals surface area contributed by atoms with E-state index < -0.39 is 13.9 Å². The number of benzene rings is 1. The Morgan fingerprint density at radius 3 is 2.64 bits per heavy atom. The standard InChI is InChI=1S/C11H12FOSi/c1-14(2,3)7-6-9-8-10(13)4-5-11(9)12/h5,8,13H,1-3H3. The predicted molar refractivity (Wildman–Crippen MR) is 57.1 cm³/mol. The summed E-state index contributed by atoms with van der Waals surface area (Å²) in [7, 11) is -1.50. The fourth-order valence-electron chi connectivity index (χ4n) is 0.813. The number of phenols is 1. The van der Waals surface area contributed by atoms with Crippen molar-refractivity contribution in [1.82, 2.24) is 0 Å². The molecule has 1 rings (SSSR count). The van der Waals surface area contributed by atoms with Crippen LogP contribution >= 0.6 is 0 Å². The summed E-state index contributed by atoms with van der Waals surface area (Å²) < 4.78 is 13.1. The van der Waals surface area contributed by atoms with Crippen molar-refractivity contribution in [3.05, 3.63) is 29.6 Å². The summed E-state index contributed by atoms with van der Waals surface area (Å²) in [6.07, 6.45) is 0. The third kappa shape index (κ3) is 3.23. The van der Waals surface area contributed by atoms with Crippen LogP contribution in [0.25, 0.3) is 0 Å². The molecule has 0 saturated carbocycles.